The molecule has 2 aromatic carbocycles. The number of nitrogens with zero attached hydrogens (tertiary/aromatic N) is 1. The van der Waals surface area contributed by atoms with Gasteiger partial charge in [-0.2, -0.15) is 0 Å². The van der Waals surface area contributed by atoms with E-state index in [2.05, 4.69) is 16.7 Å². The van der Waals surface area contributed by atoms with Gasteiger partial charge >= 0.3 is 6.03 Å². The Balaban J connectivity index is 1.57. The van der Waals surface area contributed by atoms with Crippen molar-refractivity contribution in [2.75, 3.05) is 23.8 Å². The zero-order valence-corrected chi connectivity index (χ0v) is 13.7. The van der Waals surface area contributed by atoms with Crippen molar-refractivity contribution in [3.63, 3.8) is 0 Å². The molecule has 0 aliphatic carbocycles. The highest BCUT2D eigenvalue weighted by Gasteiger charge is 2.53. The minimum atomic E-state index is -0.232. The number of anilines is 2. The van der Waals surface area contributed by atoms with Crippen LogP contribution >= 0.6 is 11.6 Å². The van der Waals surface area contributed by atoms with Crippen LogP contribution in [0.3, 0.4) is 0 Å². The van der Waals surface area contributed by atoms with Crippen molar-refractivity contribution in [3.05, 3.63) is 59.1 Å². The highest BCUT2D eigenvalue weighted by molar-refractivity contribution is 6.33. The summed E-state index contributed by atoms with van der Waals surface area (Å²) in [5.41, 5.74) is 2.83. The summed E-state index contributed by atoms with van der Waals surface area (Å²) in [6.07, 6.45) is 0. The van der Waals surface area contributed by atoms with Crippen molar-refractivity contribution in [2.24, 2.45) is 0 Å². The molecular weight excluding hydrogens is 326 g/mol. The number of carbonyl (C=O) groups excluding carboxylic acids is 1. The molecule has 0 spiro atoms. The molecule has 0 radical (unpaired) electrons. The first-order valence-electron chi connectivity index (χ1n) is 7.98. The predicted octanol–water partition coefficient (Wildman–Crippen LogP) is 3.13. The first-order chi connectivity index (χ1) is 11.7. The highest BCUT2D eigenvalue weighted by atomic mass is 35.5. The third-order valence-electron chi connectivity index (χ3n) is 4.90. The Morgan fingerprint density at radius 3 is 2.79 bits per heavy atom. The molecule has 3 atom stereocenters. The monoisotopic (exact) mass is 343 g/mol. The number of hydrogen-bond acceptors (Lipinski definition) is 3. The molecule has 2 aliphatic rings. The second-order valence-electron chi connectivity index (χ2n) is 6.13. The van der Waals surface area contributed by atoms with Crippen molar-refractivity contribution in [2.45, 2.75) is 18.0 Å². The summed E-state index contributed by atoms with van der Waals surface area (Å²) in [6, 6.07) is 14.8. The molecule has 2 amide bonds. The molecule has 124 valence electrons. The number of carbonyl (C=O) groups is 1. The summed E-state index contributed by atoms with van der Waals surface area (Å²) in [6.45, 7) is 0.611. The van der Waals surface area contributed by atoms with Crippen LogP contribution in [0.15, 0.2) is 48.5 Å². The summed E-state index contributed by atoms with van der Waals surface area (Å²) >= 11 is 6.11. The normalized spacial score (nSPS) is 24.2. The van der Waals surface area contributed by atoms with Crippen molar-refractivity contribution in [1.29, 1.82) is 0 Å². The molecule has 4 rings (SSSR count). The smallest absolute Gasteiger partial charge is 0.322 e. The van der Waals surface area contributed by atoms with E-state index >= 15 is 0 Å². The number of aliphatic hydroxyl groups excluding tert-OH is 1. The van der Waals surface area contributed by atoms with Gasteiger partial charge in [-0.25, -0.2) is 4.79 Å². The summed E-state index contributed by atoms with van der Waals surface area (Å²) in [7, 11) is 0. The highest BCUT2D eigenvalue weighted by Crippen LogP contribution is 2.46. The fraction of sp³-hybridized carbons (Fsp3) is 0.278. The Morgan fingerprint density at radius 1 is 1.25 bits per heavy atom. The van der Waals surface area contributed by atoms with E-state index in [4.69, 9.17) is 11.6 Å². The van der Waals surface area contributed by atoms with Crippen LogP contribution in [0.5, 0.6) is 0 Å². The first-order valence-corrected chi connectivity index (χ1v) is 8.36. The first kappa shape index (κ1) is 15.3. The van der Waals surface area contributed by atoms with Crippen LogP contribution in [0.1, 0.15) is 11.5 Å². The van der Waals surface area contributed by atoms with Gasteiger partial charge in [-0.05, 0) is 23.8 Å². The minimum Gasteiger partial charge on any atom is -0.394 e. The SMILES string of the molecule is O=C(Nc1ccccc1Cl)N1[C@H](CO)[C@H]2c3ccccc3NC[C@H]21. The van der Waals surface area contributed by atoms with E-state index < -0.39 is 0 Å². The van der Waals surface area contributed by atoms with Crippen LogP contribution in [0.4, 0.5) is 16.2 Å². The van der Waals surface area contributed by atoms with Crippen LogP contribution < -0.4 is 10.6 Å². The second kappa shape index (κ2) is 6.00. The zero-order valence-electron chi connectivity index (χ0n) is 12.9. The van der Waals surface area contributed by atoms with E-state index in [0.717, 1.165) is 11.3 Å². The lowest BCUT2D eigenvalue weighted by molar-refractivity contribution is 0.000873. The van der Waals surface area contributed by atoms with Crippen LogP contribution in [-0.2, 0) is 0 Å². The maximum Gasteiger partial charge on any atom is 0.322 e. The zero-order chi connectivity index (χ0) is 16.7. The van der Waals surface area contributed by atoms with Gasteiger partial charge < -0.3 is 20.6 Å². The fourth-order valence-corrected chi connectivity index (χ4v) is 3.98. The molecule has 0 bridgehead atoms. The lowest BCUT2D eigenvalue weighted by Crippen LogP contribution is -2.69. The maximum absolute atomic E-state index is 12.7. The quantitative estimate of drug-likeness (QED) is 0.785. The van der Waals surface area contributed by atoms with Gasteiger partial charge in [0.25, 0.3) is 0 Å². The lowest BCUT2D eigenvalue weighted by Gasteiger charge is -2.57. The summed E-state index contributed by atoms with van der Waals surface area (Å²) in [5.74, 6) is 0.157. The molecule has 1 fully saturated rings. The van der Waals surface area contributed by atoms with Crippen molar-refractivity contribution in [3.8, 4) is 0 Å². The fourth-order valence-electron chi connectivity index (χ4n) is 3.80. The Kier molecular flexibility index (Phi) is 3.82. The molecule has 3 N–H and O–H groups in total. The standard InChI is InChI=1S/C18H18ClN3O2/c19-12-6-2-4-8-14(12)21-18(24)22-15-9-20-13-7-3-1-5-11(13)17(15)16(22)10-23/h1-8,15-17,20,23H,9-10H2,(H,21,24)/t15-,16-,17+/m1/s1. The number of likely N-dealkylation sites (tertiary alicyclic amines) is 1. The summed E-state index contributed by atoms with van der Waals surface area (Å²) in [5, 5.41) is 16.5. The van der Waals surface area contributed by atoms with Crippen LogP contribution in [0, 0.1) is 0 Å². The number of hydrogen-bond donors (Lipinski definition) is 3. The summed E-state index contributed by atoms with van der Waals surface area (Å²) < 4.78 is 0. The minimum absolute atomic E-state index is 0.0273. The topological polar surface area (TPSA) is 64.6 Å². The van der Waals surface area contributed by atoms with Gasteiger partial charge in [0.15, 0.2) is 0 Å². The van der Waals surface area contributed by atoms with Crippen LogP contribution in [-0.4, -0.2) is 41.3 Å². The number of aliphatic hydroxyl groups is 1. The van der Waals surface area contributed by atoms with E-state index in [1.54, 1.807) is 17.0 Å². The molecule has 2 aliphatic heterocycles. The average Bonchev–Trinajstić information content (AvgIpc) is 2.57. The molecule has 6 heteroatoms. The number of benzene rings is 2. The second-order valence-corrected chi connectivity index (χ2v) is 6.54. The number of para-hydroxylation sites is 2. The summed E-state index contributed by atoms with van der Waals surface area (Å²) in [4.78, 5) is 14.4. The van der Waals surface area contributed by atoms with Gasteiger partial charge in [-0.15, -0.1) is 0 Å². The number of urea groups is 1. The largest absolute Gasteiger partial charge is 0.394 e. The van der Waals surface area contributed by atoms with E-state index in [1.165, 1.54) is 0 Å². The third-order valence-corrected chi connectivity index (χ3v) is 5.23. The molecule has 0 saturated carbocycles. The van der Waals surface area contributed by atoms with Crippen molar-refractivity contribution >= 4 is 29.0 Å². The van der Waals surface area contributed by atoms with Gasteiger partial charge in [0.2, 0.25) is 0 Å². The molecule has 0 unspecified atom stereocenters. The molecule has 2 heterocycles. The van der Waals surface area contributed by atoms with E-state index in [9.17, 15) is 9.90 Å². The van der Waals surface area contributed by atoms with Crippen LogP contribution in [0.2, 0.25) is 5.02 Å². The van der Waals surface area contributed by atoms with Gasteiger partial charge in [-0.1, -0.05) is 41.9 Å². The van der Waals surface area contributed by atoms with E-state index in [1.807, 2.05) is 30.3 Å². The molecule has 2 aromatic rings. The number of nitrogens with one attached hydrogen (secondary N) is 2. The molecule has 24 heavy (non-hydrogen) atoms. The van der Waals surface area contributed by atoms with Crippen molar-refractivity contribution in [1.82, 2.24) is 4.90 Å². The number of fused-ring (bicyclic) bond motifs is 3. The lowest BCUT2D eigenvalue weighted by atomic mass is 9.73. The van der Waals surface area contributed by atoms with E-state index in [0.29, 0.717) is 17.3 Å². The molecule has 5 nitrogen and oxygen atoms in total. The Bertz CT molecular complexity index is 782. The van der Waals surface area contributed by atoms with Crippen molar-refractivity contribution < 1.29 is 9.90 Å². The third kappa shape index (κ3) is 2.32. The molecule has 1 saturated heterocycles. The van der Waals surface area contributed by atoms with Crippen LogP contribution in [0.25, 0.3) is 0 Å². The van der Waals surface area contributed by atoms with Gasteiger partial charge in [0, 0.05) is 18.2 Å². The van der Waals surface area contributed by atoms with E-state index in [-0.39, 0.29) is 30.6 Å². The number of halogens is 1. The Labute approximate surface area is 145 Å². The average molecular weight is 344 g/mol. The molecular formula is C18H18ClN3O2. The predicted molar refractivity (Wildman–Crippen MR) is 94.6 cm³/mol. The van der Waals surface area contributed by atoms with Gasteiger partial charge in [0.05, 0.1) is 29.4 Å². The number of amides is 2. The number of rotatable bonds is 2. The maximum atomic E-state index is 12.7. The Hall–Kier alpha value is -2.24. The van der Waals surface area contributed by atoms with Gasteiger partial charge in [0.1, 0.15) is 0 Å². The Morgan fingerprint density at radius 2 is 2.00 bits per heavy atom. The molecule has 0 aromatic heterocycles. The van der Waals surface area contributed by atoms with Gasteiger partial charge in [-0.3, -0.25) is 0 Å².